The van der Waals surface area contributed by atoms with E-state index in [9.17, 15) is 0 Å². The van der Waals surface area contributed by atoms with E-state index < -0.39 is 0 Å². The second kappa shape index (κ2) is 4.40. The molecule has 2 aromatic rings. The Morgan fingerprint density at radius 3 is 2.88 bits per heavy atom. The molecule has 0 atom stereocenters. The van der Waals surface area contributed by atoms with Crippen LogP contribution in [0.1, 0.15) is 13.8 Å². The Balaban J connectivity index is 2.50. The molecule has 1 heterocycles. The minimum Gasteiger partial charge on any atom is -0.342 e. The highest BCUT2D eigenvalue weighted by Crippen LogP contribution is 2.13. The predicted octanol–water partition coefficient (Wildman–Crippen LogP) is 3.10. The van der Waals surface area contributed by atoms with E-state index in [0.717, 1.165) is 16.7 Å². The number of aromatic amines is 1. The minimum atomic E-state index is 0.559. The van der Waals surface area contributed by atoms with Crippen LogP contribution in [0.25, 0.3) is 11.0 Å². The zero-order valence-corrected chi connectivity index (χ0v) is 9.93. The average molecular weight is 232 g/mol. The molecule has 4 nitrogen and oxygen atoms in total. The van der Waals surface area contributed by atoms with Crippen molar-refractivity contribution >= 4 is 34.8 Å². The lowest BCUT2D eigenvalue weighted by atomic mass is 10.3. The summed E-state index contributed by atoms with van der Waals surface area (Å²) in [5.41, 5.74) is 5.56. The van der Waals surface area contributed by atoms with Crippen molar-refractivity contribution in [1.82, 2.24) is 9.97 Å². The van der Waals surface area contributed by atoms with Crippen molar-refractivity contribution in [3.05, 3.63) is 28.9 Å². The highest BCUT2D eigenvalue weighted by atomic mass is 32.1. The highest BCUT2D eigenvalue weighted by molar-refractivity contribution is 7.71. The molecule has 2 N–H and O–H groups in total. The van der Waals surface area contributed by atoms with E-state index in [1.807, 2.05) is 38.1 Å². The van der Waals surface area contributed by atoms with Crippen LogP contribution in [-0.4, -0.2) is 15.7 Å². The van der Waals surface area contributed by atoms with Crippen LogP contribution in [-0.2, 0) is 0 Å². The van der Waals surface area contributed by atoms with E-state index in [-0.39, 0.29) is 0 Å². The van der Waals surface area contributed by atoms with Gasteiger partial charge in [-0.15, -0.1) is 0 Å². The molecular weight excluding hydrogens is 220 g/mol. The molecule has 0 bridgehead atoms. The molecule has 1 aromatic heterocycles. The molecular formula is C11H12N4S. The molecule has 0 saturated heterocycles. The molecule has 16 heavy (non-hydrogen) atoms. The van der Waals surface area contributed by atoms with Crippen LogP contribution >= 0.6 is 12.2 Å². The molecule has 82 valence electrons. The topological polar surface area (TPSA) is 53.1 Å². The summed E-state index contributed by atoms with van der Waals surface area (Å²) in [4.78, 5) is 7.50. The van der Waals surface area contributed by atoms with Crippen molar-refractivity contribution in [2.24, 2.45) is 5.10 Å². The van der Waals surface area contributed by atoms with E-state index in [0.29, 0.717) is 10.5 Å². The van der Waals surface area contributed by atoms with Gasteiger partial charge in [-0.05, 0) is 26.0 Å². The van der Waals surface area contributed by atoms with Crippen LogP contribution in [0.5, 0.6) is 0 Å². The smallest absolute Gasteiger partial charge is 0.182 e. The lowest BCUT2D eigenvalue weighted by Gasteiger charge is -2.03. The maximum Gasteiger partial charge on any atom is 0.182 e. The van der Waals surface area contributed by atoms with Crippen molar-refractivity contribution < 1.29 is 0 Å². The Bertz CT molecular complexity index is 596. The number of hydrogen-bond donors (Lipinski definition) is 2. The summed E-state index contributed by atoms with van der Waals surface area (Å²) in [6.45, 7) is 3.81. The van der Waals surface area contributed by atoms with Gasteiger partial charge in [0.1, 0.15) is 4.64 Å². The number of hydrogen-bond acceptors (Lipinski definition) is 4. The van der Waals surface area contributed by atoms with Crippen molar-refractivity contribution in [3.8, 4) is 0 Å². The molecule has 0 aliphatic carbocycles. The van der Waals surface area contributed by atoms with Crippen LogP contribution in [0.2, 0.25) is 0 Å². The second-order valence-corrected chi connectivity index (χ2v) is 4.01. The third kappa shape index (κ3) is 2.25. The standard InChI is InChI=1S/C11H12N4S/c1-7(2)14-15-10-11(16)13-9-6-4-3-5-8(9)12-10/h3-6H,1-2H3,(H,12,15)(H,13,16). The summed E-state index contributed by atoms with van der Waals surface area (Å²) in [5, 5.41) is 4.08. The number of H-pyrrole nitrogens is 1. The molecule has 0 amide bonds. The number of hydrazone groups is 1. The number of nitrogens with one attached hydrogen (secondary N) is 2. The van der Waals surface area contributed by atoms with Gasteiger partial charge in [-0.1, -0.05) is 24.4 Å². The van der Waals surface area contributed by atoms with Gasteiger partial charge in [-0.2, -0.15) is 5.10 Å². The SMILES string of the molecule is CC(C)=NNc1nc2ccccc2[nH]c1=S. The van der Waals surface area contributed by atoms with Gasteiger partial charge in [-0.3, -0.25) is 5.43 Å². The van der Waals surface area contributed by atoms with Gasteiger partial charge in [0.05, 0.1) is 11.0 Å². The lowest BCUT2D eigenvalue weighted by Crippen LogP contribution is -1.98. The molecule has 1 aromatic carbocycles. The van der Waals surface area contributed by atoms with Gasteiger partial charge in [0.15, 0.2) is 5.82 Å². The molecule has 0 saturated carbocycles. The minimum absolute atomic E-state index is 0.559. The molecule has 2 rings (SSSR count). The maximum atomic E-state index is 5.18. The molecule has 0 fully saturated rings. The van der Waals surface area contributed by atoms with E-state index in [1.165, 1.54) is 0 Å². The number of rotatable bonds is 2. The monoisotopic (exact) mass is 232 g/mol. The van der Waals surface area contributed by atoms with Gasteiger partial charge in [0.25, 0.3) is 0 Å². The maximum absolute atomic E-state index is 5.18. The van der Waals surface area contributed by atoms with Gasteiger partial charge in [0.2, 0.25) is 0 Å². The summed E-state index contributed by atoms with van der Waals surface area (Å²) in [5.74, 6) is 0.579. The van der Waals surface area contributed by atoms with Gasteiger partial charge in [-0.25, -0.2) is 4.98 Å². The van der Waals surface area contributed by atoms with E-state index in [4.69, 9.17) is 12.2 Å². The fraction of sp³-hybridized carbons (Fsp3) is 0.182. The summed E-state index contributed by atoms with van der Waals surface area (Å²) >= 11 is 5.18. The van der Waals surface area contributed by atoms with Crippen LogP contribution < -0.4 is 5.43 Å². The number of anilines is 1. The Kier molecular flexibility index (Phi) is 2.96. The average Bonchev–Trinajstić information content (AvgIpc) is 2.26. The van der Waals surface area contributed by atoms with Gasteiger partial charge in [0, 0.05) is 5.71 Å². The first-order chi connectivity index (χ1) is 7.66. The van der Waals surface area contributed by atoms with Crippen LogP contribution in [0.4, 0.5) is 5.82 Å². The van der Waals surface area contributed by atoms with Crippen molar-refractivity contribution in [2.75, 3.05) is 5.43 Å². The fourth-order valence-corrected chi connectivity index (χ4v) is 1.47. The number of benzene rings is 1. The number of para-hydroxylation sites is 2. The highest BCUT2D eigenvalue weighted by Gasteiger charge is 1.99. The van der Waals surface area contributed by atoms with E-state index in [1.54, 1.807) is 0 Å². The Hall–Kier alpha value is -1.75. The summed E-state index contributed by atoms with van der Waals surface area (Å²) in [6.07, 6.45) is 0. The fourth-order valence-electron chi connectivity index (χ4n) is 1.27. The molecule has 0 unspecified atom stereocenters. The third-order valence-corrected chi connectivity index (χ3v) is 2.28. The second-order valence-electron chi connectivity index (χ2n) is 3.60. The first kappa shape index (κ1) is 10.8. The van der Waals surface area contributed by atoms with E-state index in [2.05, 4.69) is 20.5 Å². The van der Waals surface area contributed by atoms with Gasteiger partial charge >= 0.3 is 0 Å². The molecule has 0 aliphatic heterocycles. The molecule has 0 spiro atoms. The Morgan fingerprint density at radius 1 is 1.38 bits per heavy atom. The zero-order valence-electron chi connectivity index (χ0n) is 9.11. The molecule has 5 heteroatoms. The summed E-state index contributed by atoms with van der Waals surface area (Å²) < 4.78 is 0.559. The van der Waals surface area contributed by atoms with Crippen LogP contribution in [0, 0.1) is 4.64 Å². The van der Waals surface area contributed by atoms with Crippen molar-refractivity contribution in [3.63, 3.8) is 0 Å². The van der Waals surface area contributed by atoms with Crippen molar-refractivity contribution in [1.29, 1.82) is 0 Å². The summed E-state index contributed by atoms with van der Waals surface area (Å²) in [6, 6.07) is 7.74. The Labute approximate surface area is 98.4 Å². The summed E-state index contributed by atoms with van der Waals surface area (Å²) in [7, 11) is 0. The molecule has 0 aliphatic rings. The lowest BCUT2D eigenvalue weighted by molar-refractivity contribution is 1.19. The number of fused-ring (bicyclic) bond motifs is 1. The normalized spacial score (nSPS) is 10.1. The van der Waals surface area contributed by atoms with Crippen LogP contribution in [0.15, 0.2) is 29.4 Å². The largest absolute Gasteiger partial charge is 0.342 e. The quantitative estimate of drug-likeness (QED) is 0.475. The van der Waals surface area contributed by atoms with Crippen LogP contribution in [0.3, 0.4) is 0 Å². The third-order valence-electron chi connectivity index (χ3n) is 1.98. The number of nitrogens with zero attached hydrogens (tertiary/aromatic N) is 2. The first-order valence-electron chi connectivity index (χ1n) is 4.93. The molecule has 0 radical (unpaired) electrons. The first-order valence-corrected chi connectivity index (χ1v) is 5.33. The van der Waals surface area contributed by atoms with Crippen molar-refractivity contribution in [2.45, 2.75) is 13.8 Å². The Morgan fingerprint density at radius 2 is 2.12 bits per heavy atom. The number of aromatic nitrogens is 2. The van der Waals surface area contributed by atoms with E-state index >= 15 is 0 Å². The predicted molar refractivity (Wildman–Crippen MR) is 69.3 cm³/mol. The zero-order chi connectivity index (χ0) is 11.5. The van der Waals surface area contributed by atoms with Gasteiger partial charge < -0.3 is 4.98 Å².